The van der Waals surface area contributed by atoms with Gasteiger partial charge in [-0.3, -0.25) is 4.79 Å². The number of hydrogen-bond acceptors (Lipinski definition) is 2. The summed E-state index contributed by atoms with van der Waals surface area (Å²) in [5, 5.41) is 3.39. The summed E-state index contributed by atoms with van der Waals surface area (Å²) in [4.78, 5) is 15.0. The summed E-state index contributed by atoms with van der Waals surface area (Å²) in [5.41, 5.74) is -0.147. The van der Waals surface area contributed by atoms with E-state index in [4.69, 9.17) is 0 Å². The second-order valence-electron chi connectivity index (χ2n) is 6.45. The zero-order chi connectivity index (χ0) is 13.2. The zero-order valence-corrected chi connectivity index (χ0v) is 12.2. The minimum Gasteiger partial charge on any atom is -0.342 e. The molecule has 1 saturated heterocycles. The van der Waals surface area contributed by atoms with Crippen LogP contribution in [0, 0.1) is 11.3 Å². The zero-order valence-electron chi connectivity index (χ0n) is 12.2. The molecular weight excluding hydrogens is 224 g/mol. The lowest BCUT2D eigenvalue weighted by molar-refractivity contribution is -0.145. The number of nitrogens with zero attached hydrogens (tertiary/aromatic N) is 1. The standard InChI is InChI=1S/C15H28N2O/c1-12(2)15(9-10-16-11-15)14(18)17(3)13-7-5-4-6-8-13/h12-13,16H,4-11H2,1-3H3. The molecule has 1 aliphatic heterocycles. The molecule has 1 N–H and O–H groups in total. The first-order chi connectivity index (χ1) is 8.58. The number of amides is 1. The van der Waals surface area contributed by atoms with Crippen LogP contribution >= 0.6 is 0 Å². The van der Waals surface area contributed by atoms with E-state index in [0.717, 1.165) is 19.5 Å². The largest absolute Gasteiger partial charge is 0.342 e. The molecule has 3 heteroatoms. The lowest BCUT2D eigenvalue weighted by Crippen LogP contribution is -2.50. The van der Waals surface area contributed by atoms with Crippen molar-refractivity contribution in [1.82, 2.24) is 10.2 Å². The third-order valence-corrected chi connectivity index (χ3v) is 5.16. The Hall–Kier alpha value is -0.570. The molecule has 0 radical (unpaired) electrons. The average Bonchev–Trinajstić information content (AvgIpc) is 2.88. The fourth-order valence-corrected chi connectivity index (χ4v) is 3.62. The molecule has 0 aromatic carbocycles. The van der Waals surface area contributed by atoms with E-state index in [0.29, 0.717) is 17.9 Å². The Morgan fingerprint density at radius 1 is 1.28 bits per heavy atom. The maximum Gasteiger partial charge on any atom is 0.230 e. The van der Waals surface area contributed by atoms with Gasteiger partial charge in [0.15, 0.2) is 0 Å². The van der Waals surface area contributed by atoms with Crippen molar-refractivity contribution >= 4 is 5.91 Å². The summed E-state index contributed by atoms with van der Waals surface area (Å²) in [5.74, 6) is 0.806. The lowest BCUT2D eigenvalue weighted by atomic mass is 9.74. The molecule has 18 heavy (non-hydrogen) atoms. The van der Waals surface area contributed by atoms with Crippen molar-refractivity contribution in [3.8, 4) is 0 Å². The van der Waals surface area contributed by atoms with Crippen molar-refractivity contribution in [3.63, 3.8) is 0 Å². The van der Waals surface area contributed by atoms with Crippen molar-refractivity contribution in [2.45, 2.75) is 58.4 Å². The van der Waals surface area contributed by atoms with Gasteiger partial charge in [-0.25, -0.2) is 0 Å². The van der Waals surface area contributed by atoms with Gasteiger partial charge in [0.1, 0.15) is 0 Å². The number of carbonyl (C=O) groups is 1. The third kappa shape index (κ3) is 2.42. The molecule has 0 bridgehead atoms. The van der Waals surface area contributed by atoms with Crippen LogP contribution in [0.15, 0.2) is 0 Å². The van der Waals surface area contributed by atoms with Gasteiger partial charge in [-0.05, 0) is 31.7 Å². The van der Waals surface area contributed by atoms with Crippen molar-refractivity contribution in [3.05, 3.63) is 0 Å². The molecule has 104 valence electrons. The van der Waals surface area contributed by atoms with Crippen LogP contribution in [0.3, 0.4) is 0 Å². The van der Waals surface area contributed by atoms with Crippen molar-refractivity contribution in [1.29, 1.82) is 0 Å². The van der Waals surface area contributed by atoms with E-state index in [1.165, 1.54) is 32.1 Å². The summed E-state index contributed by atoms with van der Waals surface area (Å²) in [6.07, 6.45) is 7.31. The summed E-state index contributed by atoms with van der Waals surface area (Å²) in [6, 6.07) is 0.488. The van der Waals surface area contributed by atoms with E-state index in [-0.39, 0.29) is 5.41 Å². The number of nitrogens with one attached hydrogen (secondary N) is 1. The second-order valence-corrected chi connectivity index (χ2v) is 6.45. The first-order valence-corrected chi connectivity index (χ1v) is 7.56. The van der Waals surface area contributed by atoms with E-state index in [9.17, 15) is 4.79 Å². The van der Waals surface area contributed by atoms with E-state index in [1.54, 1.807) is 0 Å². The van der Waals surface area contributed by atoms with Gasteiger partial charge in [0, 0.05) is 19.6 Å². The molecule has 2 rings (SSSR count). The maximum atomic E-state index is 12.9. The molecule has 1 heterocycles. The van der Waals surface area contributed by atoms with Crippen LogP contribution in [0.5, 0.6) is 0 Å². The van der Waals surface area contributed by atoms with Crippen LogP contribution in [0.1, 0.15) is 52.4 Å². The van der Waals surface area contributed by atoms with E-state index >= 15 is 0 Å². The Labute approximate surface area is 111 Å². The van der Waals surface area contributed by atoms with Crippen LogP contribution in [-0.4, -0.2) is 37.0 Å². The van der Waals surface area contributed by atoms with Crippen molar-refractivity contribution in [2.24, 2.45) is 11.3 Å². The summed E-state index contributed by atoms with van der Waals surface area (Å²) >= 11 is 0. The van der Waals surface area contributed by atoms with Gasteiger partial charge in [0.05, 0.1) is 5.41 Å². The Balaban J connectivity index is 2.08. The van der Waals surface area contributed by atoms with Gasteiger partial charge in [-0.15, -0.1) is 0 Å². The summed E-state index contributed by atoms with van der Waals surface area (Å²) in [7, 11) is 2.03. The molecular formula is C15H28N2O. The minimum absolute atomic E-state index is 0.147. The second kappa shape index (κ2) is 5.60. The minimum atomic E-state index is -0.147. The predicted octanol–water partition coefficient (Wildman–Crippen LogP) is 2.41. The van der Waals surface area contributed by atoms with E-state index < -0.39 is 0 Å². The van der Waals surface area contributed by atoms with Crippen LogP contribution in [0.2, 0.25) is 0 Å². The number of carbonyl (C=O) groups excluding carboxylic acids is 1. The molecule has 1 amide bonds. The molecule has 2 fully saturated rings. The molecule has 0 aromatic heterocycles. The molecule has 0 aromatic rings. The Morgan fingerprint density at radius 2 is 1.94 bits per heavy atom. The van der Waals surface area contributed by atoms with Gasteiger partial charge in [0.2, 0.25) is 5.91 Å². The van der Waals surface area contributed by atoms with Gasteiger partial charge < -0.3 is 10.2 Å². The van der Waals surface area contributed by atoms with Gasteiger partial charge in [-0.1, -0.05) is 33.1 Å². The summed E-state index contributed by atoms with van der Waals surface area (Å²) < 4.78 is 0. The molecule has 1 saturated carbocycles. The topological polar surface area (TPSA) is 32.3 Å². The van der Waals surface area contributed by atoms with Crippen LogP contribution in [-0.2, 0) is 4.79 Å². The summed E-state index contributed by atoms with van der Waals surface area (Å²) in [6.45, 7) is 6.24. The highest BCUT2D eigenvalue weighted by Gasteiger charge is 2.46. The van der Waals surface area contributed by atoms with Crippen LogP contribution in [0.25, 0.3) is 0 Å². The molecule has 0 spiro atoms. The van der Waals surface area contributed by atoms with Crippen LogP contribution < -0.4 is 5.32 Å². The Bertz CT molecular complexity index is 289. The van der Waals surface area contributed by atoms with E-state index in [1.807, 2.05) is 7.05 Å². The fourth-order valence-electron chi connectivity index (χ4n) is 3.62. The van der Waals surface area contributed by atoms with Crippen LogP contribution in [0.4, 0.5) is 0 Å². The highest BCUT2D eigenvalue weighted by Crippen LogP contribution is 2.37. The smallest absolute Gasteiger partial charge is 0.230 e. The lowest BCUT2D eigenvalue weighted by Gasteiger charge is -2.40. The molecule has 1 aliphatic carbocycles. The first-order valence-electron chi connectivity index (χ1n) is 7.56. The highest BCUT2D eigenvalue weighted by molar-refractivity contribution is 5.83. The SMILES string of the molecule is CC(C)C1(C(=O)N(C)C2CCCCC2)CCNC1. The van der Waals surface area contributed by atoms with E-state index in [2.05, 4.69) is 24.1 Å². The quantitative estimate of drug-likeness (QED) is 0.836. The monoisotopic (exact) mass is 252 g/mol. The predicted molar refractivity (Wildman–Crippen MR) is 74.4 cm³/mol. The molecule has 2 aliphatic rings. The van der Waals surface area contributed by atoms with Gasteiger partial charge >= 0.3 is 0 Å². The normalized spacial score (nSPS) is 29.8. The van der Waals surface area contributed by atoms with Gasteiger partial charge in [0.25, 0.3) is 0 Å². The highest BCUT2D eigenvalue weighted by atomic mass is 16.2. The van der Waals surface area contributed by atoms with Crippen molar-refractivity contribution in [2.75, 3.05) is 20.1 Å². The van der Waals surface area contributed by atoms with Gasteiger partial charge in [-0.2, -0.15) is 0 Å². The number of hydrogen-bond donors (Lipinski definition) is 1. The number of rotatable bonds is 3. The Morgan fingerprint density at radius 3 is 2.44 bits per heavy atom. The fraction of sp³-hybridized carbons (Fsp3) is 0.933. The molecule has 3 nitrogen and oxygen atoms in total. The average molecular weight is 252 g/mol. The maximum absolute atomic E-state index is 12.9. The molecule has 1 unspecified atom stereocenters. The van der Waals surface area contributed by atoms with Crippen molar-refractivity contribution < 1.29 is 4.79 Å². The third-order valence-electron chi connectivity index (χ3n) is 5.16. The first kappa shape index (κ1) is 13.9. The Kier molecular flexibility index (Phi) is 4.31. The molecule has 1 atom stereocenters.